The maximum Gasteiger partial charge on any atom is 0.0712 e. The molecule has 104 valence electrons. The van der Waals surface area contributed by atoms with Gasteiger partial charge in [0.25, 0.3) is 0 Å². The Morgan fingerprint density at radius 3 is 2.95 bits per heavy atom. The van der Waals surface area contributed by atoms with E-state index in [1.54, 1.807) is 7.11 Å². The van der Waals surface area contributed by atoms with Gasteiger partial charge in [-0.25, -0.2) is 0 Å². The minimum Gasteiger partial charge on any atom is -0.389 e. The van der Waals surface area contributed by atoms with Crippen LogP contribution in [0, 0.1) is 0 Å². The van der Waals surface area contributed by atoms with E-state index in [2.05, 4.69) is 18.2 Å². The van der Waals surface area contributed by atoms with E-state index in [9.17, 15) is 5.11 Å². The third-order valence-electron chi connectivity index (χ3n) is 4.81. The van der Waals surface area contributed by atoms with Crippen molar-refractivity contribution in [3.8, 4) is 0 Å². The highest BCUT2D eigenvalue weighted by molar-refractivity contribution is 5.35. The molecule has 3 rings (SSSR count). The average molecular weight is 260 g/mol. The molecule has 0 radical (unpaired) electrons. The summed E-state index contributed by atoms with van der Waals surface area (Å²) in [6, 6.07) is 6.78. The largest absolute Gasteiger partial charge is 0.389 e. The first-order valence-corrected chi connectivity index (χ1v) is 7.54. The highest BCUT2D eigenvalue weighted by Crippen LogP contribution is 2.33. The summed E-state index contributed by atoms with van der Waals surface area (Å²) in [7, 11) is 1.76. The second-order valence-corrected chi connectivity index (χ2v) is 6.31. The summed E-state index contributed by atoms with van der Waals surface area (Å²) in [5.41, 5.74) is 3.74. The molecule has 0 aromatic heterocycles. The lowest BCUT2D eigenvalue weighted by Gasteiger charge is -2.36. The molecule has 19 heavy (non-hydrogen) atoms. The van der Waals surface area contributed by atoms with Crippen LogP contribution in [-0.4, -0.2) is 23.9 Å². The van der Waals surface area contributed by atoms with E-state index in [-0.39, 0.29) is 6.10 Å². The Labute approximate surface area is 115 Å². The van der Waals surface area contributed by atoms with E-state index in [0.29, 0.717) is 0 Å². The van der Waals surface area contributed by atoms with Crippen molar-refractivity contribution < 1.29 is 9.84 Å². The molecule has 2 aliphatic rings. The van der Waals surface area contributed by atoms with Crippen LogP contribution >= 0.6 is 0 Å². The fraction of sp³-hybridized carbons (Fsp3) is 0.647. The van der Waals surface area contributed by atoms with Gasteiger partial charge in [0, 0.05) is 20.0 Å². The van der Waals surface area contributed by atoms with Crippen LogP contribution in [-0.2, 0) is 24.0 Å². The highest BCUT2D eigenvalue weighted by Gasteiger charge is 2.34. The molecule has 2 heteroatoms. The van der Waals surface area contributed by atoms with Crippen molar-refractivity contribution in [2.24, 2.45) is 0 Å². The summed E-state index contributed by atoms with van der Waals surface area (Å²) in [5.74, 6) is 0. The van der Waals surface area contributed by atoms with Gasteiger partial charge in [-0.3, -0.25) is 0 Å². The molecule has 1 N–H and O–H groups in total. The van der Waals surface area contributed by atoms with Crippen LogP contribution in [0.5, 0.6) is 0 Å². The van der Waals surface area contributed by atoms with Crippen LogP contribution in [0.2, 0.25) is 0 Å². The lowest BCUT2D eigenvalue weighted by atomic mass is 9.79. The van der Waals surface area contributed by atoms with Gasteiger partial charge >= 0.3 is 0 Å². The summed E-state index contributed by atoms with van der Waals surface area (Å²) in [6.07, 6.45) is 8.57. The number of hydrogen-bond acceptors (Lipinski definition) is 2. The first-order chi connectivity index (χ1) is 9.18. The molecule has 0 bridgehead atoms. The van der Waals surface area contributed by atoms with Crippen molar-refractivity contribution in [2.45, 2.75) is 63.1 Å². The Hall–Kier alpha value is -0.860. The van der Waals surface area contributed by atoms with Crippen molar-refractivity contribution in [3.05, 3.63) is 34.9 Å². The minimum atomic E-state index is -0.564. The zero-order valence-electron chi connectivity index (χ0n) is 11.8. The van der Waals surface area contributed by atoms with Gasteiger partial charge in [-0.1, -0.05) is 18.2 Å². The second-order valence-electron chi connectivity index (χ2n) is 6.31. The minimum absolute atomic E-state index is 0.230. The number of aliphatic hydroxyl groups is 1. The molecule has 2 atom stereocenters. The molecule has 0 amide bonds. The van der Waals surface area contributed by atoms with Crippen LogP contribution < -0.4 is 0 Å². The zero-order valence-corrected chi connectivity index (χ0v) is 11.8. The van der Waals surface area contributed by atoms with E-state index >= 15 is 0 Å². The molecule has 2 aliphatic carbocycles. The van der Waals surface area contributed by atoms with Gasteiger partial charge < -0.3 is 9.84 Å². The van der Waals surface area contributed by atoms with Crippen molar-refractivity contribution in [3.63, 3.8) is 0 Å². The number of ether oxygens (including phenoxy) is 1. The van der Waals surface area contributed by atoms with Crippen LogP contribution in [0.25, 0.3) is 0 Å². The molecule has 1 aromatic rings. The quantitative estimate of drug-likeness (QED) is 0.905. The van der Waals surface area contributed by atoms with Crippen LogP contribution in [0.15, 0.2) is 18.2 Å². The van der Waals surface area contributed by atoms with Gasteiger partial charge in [0.15, 0.2) is 0 Å². The number of rotatable bonds is 3. The number of hydrogen-bond donors (Lipinski definition) is 1. The number of benzene rings is 1. The molecule has 1 aromatic carbocycles. The van der Waals surface area contributed by atoms with Crippen LogP contribution in [0.4, 0.5) is 0 Å². The van der Waals surface area contributed by atoms with Crippen molar-refractivity contribution in [1.29, 1.82) is 0 Å². The lowest BCUT2D eigenvalue weighted by Crippen LogP contribution is -2.40. The Morgan fingerprint density at radius 2 is 2.11 bits per heavy atom. The standard InChI is InChI=1S/C17H24O2/c1-19-16-6-3-9-17(18,12-16)11-13-7-8-14-4-2-5-15(14)10-13/h7-8,10,16,18H,2-6,9,11-12H2,1H3. The lowest BCUT2D eigenvalue weighted by molar-refractivity contribution is -0.0581. The Morgan fingerprint density at radius 1 is 1.26 bits per heavy atom. The Kier molecular flexibility index (Phi) is 3.64. The SMILES string of the molecule is COC1CCCC(O)(Cc2ccc3c(c2)CCC3)C1. The topological polar surface area (TPSA) is 29.5 Å². The fourth-order valence-electron chi connectivity index (χ4n) is 3.76. The molecule has 2 unspecified atom stereocenters. The molecule has 0 aliphatic heterocycles. The zero-order chi connectivity index (χ0) is 13.3. The summed E-state index contributed by atoms with van der Waals surface area (Å²) in [5, 5.41) is 10.8. The molecule has 1 fully saturated rings. The first kappa shape index (κ1) is 13.1. The third kappa shape index (κ3) is 2.85. The number of methoxy groups -OCH3 is 1. The molecule has 0 heterocycles. The Balaban J connectivity index is 1.73. The Bertz CT molecular complexity index is 455. The summed E-state index contributed by atoms with van der Waals surface area (Å²) in [6.45, 7) is 0. The summed E-state index contributed by atoms with van der Waals surface area (Å²) in [4.78, 5) is 0. The van der Waals surface area contributed by atoms with Gasteiger partial charge in [-0.05, 0) is 55.2 Å². The first-order valence-electron chi connectivity index (χ1n) is 7.54. The average Bonchev–Trinajstić information content (AvgIpc) is 2.85. The van der Waals surface area contributed by atoms with Gasteiger partial charge in [0.2, 0.25) is 0 Å². The summed E-state index contributed by atoms with van der Waals surface area (Å²) < 4.78 is 5.44. The van der Waals surface area contributed by atoms with Crippen molar-refractivity contribution in [1.82, 2.24) is 0 Å². The maximum absolute atomic E-state index is 10.8. The number of aryl methyl sites for hydroxylation is 2. The molecule has 1 saturated carbocycles. The number of fused-ring (bicyclic) bond motifs is 1. The molecule has 0 saturated heterocycles. The van der Waals surface area contributed by atoms with E-state index in [1.807, 2.05) is 0 Å². The van der Waals surface area contributed by atoms with E-state index < -0.39 is 5.60 Å². The fourth-order valence-corrected chi connectivity index (χ4v) is 3.76. The normalized spacial score (nSPS) is 30.3. The third-order valence-corrected chi connectivity index (χ3v) is 4.81. The van der Waals surface area contributed by atoms with Gasteiger partial charge in [0.05, 0.1) is 11.7 Å². The molecular weight excluding hydrogens is 236 g/mol. The highest BCUT2D eigenvalue weighted by atomic mass is 16.5. The van der Waals surface area contributed by atoms with E-state index in [1.165, 1.54) is 36.0 Å². The van der Waals surface area contributed by atoms with Crippen molar-refractivity contribution >= 4 is 0 Å². The van der Waals surface area contributed by atoms with Crippen molar-refractivity contribution in [2.75, 3.05) is 7.11 Å². The second kappa shape index (κ2) is 5.26. The van der Waals surface area contributed by atoms with Gasteiger partial charge in [-0.2, -0.15) is 0 Å². The van der Waals surface area contributed by atoms with E-state index in [0.717, 1.165) is 32.1 Å². The van der Waals surface area contributed by atoms with Gasteiger partial charge in [-0.15, -0.1) is 0 Å². The van der Waals surface area contributed by atoms with Crippen LogP contribution in [0.3, 0.4) is 0 Å². The predicted molar refractivity (Wildman–Crippen MR) is 76.4 cm³/mol. The van der Waals surface area contributed by atoms with Crippen LogP contribution in [0.1, 0.15) is 48.8 Å². The molecular formula is C17H24O2. The smallest absolute Gasteiger partial charge is 0.0712 e. The molecule has 0 spiro atoms. The molecule has 2 nitrogen and oxygen atoms in total. The van der Waals surface area contributed by atoms with Gasteiger partial charge in [0.1, 0.15) is 0 Å². The summed E-state index contributed by atoms with van der Waals surface area (Å²) >= 11 is 0. The maximum atomic E-state index is 10.8. The monoisotopic (exact) mass is 260 g/mol. The van der Waals surface area contributed by atoms with E-state index in [4.69, 9.17) is 4.74 Å². The predicted octanol–water partition coefficient (Wildman–Crippen LogP) is 3.04.